The monoisotopic (exact) mass is 268 g/mol. The second kappa shape index (κ2) is 6.18. The molecule has 5 heteroatoms. The van der Waals surface area contributed by atoms with E-state index < -0.39 is 0 Å². The van der Waals surface area contributed by atoms with E-state index in [9.17, 15) is 4.79 Å². The molecule has 1 N–H and O–H groups in total. The number of nitrogens with zero attached hydrogens (tertiary/aromatic N) is 1. The second-order valence-electron chi connectivity index (χ2n) is 5.01. The summed E-state index contributed by atoms with van der Waals surface area (Å²) in [6.07, 6.45) is 5.32. The van der Waals surface area contributed by atoms with Crippen molar-refractivity contribution in [3.05, 3.63) is 11.1 Å². The molecule has 2 unspecified atom stereocenters. The smallest absolute Gasteiger partial charge is 0.311 e. The maximum Gasteiger partial charge on any atom is 0.311 e. The van der Waals surface area contributed by atoms with Crippen molar-refractivity contribution in [2.24, 2.45) is 5.92 Å². The van der Waals surface area contributed by atoms with Gasteiger partial charge < -0.3 is 10.1 Å². The van der Waals surface area contributed by atoms with E-state index in [4.69, 9.17) is 0 Å². The summed E-state index contributed by atoms with van der Waals surface area (Å²) in [7, 11) is 1.40. The van der Waals surface area contributed by atoms with Crippen LogP contribution >= 0.6 is 11.3 Å². The third kappa shape index (κ3) is 3.70. The molecule has 1 heterocycles. The molecule has 1 aromatic heterocycles. The lowest BCUT2D eigenvalue weighted by molar-refractivity contribution is -0.139. The Hall–Kier alpha value is -1.10. The van der Waals surface area contributed by atoms with E-state index in [0.29, 0.717) is 6.04 Å². The number of carbonyl (C=O) groups excluding carboxylic acids is 1. The molecule has 4 nitrogen and oxygen atoms in total. The summed E-state index contributed by atoms with van der Waals surface area (Å²) in [5, 5.41) is 6.32. The van der Waals surface area contributed by atoms with Crippen molar-refractivity contribution in [1.82, 2.24) is 4.98 Å². The third-order valence-electron chi connectivity index (χ3n) is 3.37. The van der Waals surface area contributed by atoms with Crippen molar-refractivity contribution < 1.29 is 9.53 Å². The van der Waals surface area contributed by atoms with E-state index in [1.807, 2.05) is 5.38 Å². The van der Waals surface area contributed by atoms with Crippen molar-refractivity contribution in [3.63, 3.8) is 0 Å². The van der Waals surface area contributed by atoms with Crippen LogP contribution in [0.15, 0.2) is 5.38 Å². The first-order valence-corrected chi connectivity index (χ1v) is 7.33. The van der Waals surface area contributed by atoms with Gasteiger partial charge in [-0.25, -0.2) is 4.98 Å². The van der Waals surface area contributed by atoms with Gasteiger partial charge >= 0.3 is 5.97 Å². The highest BCUT2D eigenvalue weighted by atomic mass is 32.1. The van der Waals surface area contributed by atoms with Crippen LogP contribution in [0.4, 0.5) is 5.13 Å². The number of rotatable bonds is 4. The molecule has 0 radical (unpaired) electrons. The SMILES string of the molecule is COC(=O)Cc1csc(NC2CCCC(C)C2)n1. The Bertz CT molecular complexity index is 405. The highest BCUT2D eigenvalue weighted by Gasteiger charge is 2.19. The van der Waals surface area contributed by atoms with E-state index in [1.54, 1.807) is 11.3 Å². The largest absolute Gasteiger partial charge is 0.469 e. The standard InChI is InChI=1S/C13H20N2O2S/c1-9-4-3-5-10(6-9)14-13-15-11(8-18-13)7-12(16)17-2/h8-10H,3-7H2,1-2H3,(H,14,15). The van der Waals surface area contributed by atoms with Gasteiger partial charge in [-0.2, -0.15) is 0 Å². The molecular weight excluding hydrogens is 248 g/mol. The summed E-state index contributed by atoms with van der Waals surface area (Å²) in [6.45, 7) is 2.30. The number of ether oxygens (including phenoxy) is 1. The van der Waals surface area contributed by atoms with Gasteiger partial charge in [0.25, 0.3) is 0 Å². The van der Waals surface area contributed by atoms with Crippen molar-refractivity contribution in [2.45, 2.75) is 45.1 Å². The van der Waals surface area contributed by atoms with Crippen molar-refractivity contribution in [3.8, 4) is 0 Å². The fourth-order valence-corrected chi connectivity index (χ4v) is 3.20. The van der Waals surface area contributed by atoms with Gasteiger partial charge in [0.05, 0.1) is 19.2 Å². The molecule has 0 spiro atoms. The van der Waals surface area contributed by atoms with Crippen LogP contribution < -0.4 is 5.32 Å². The average Bonchev–Trinajstić information content (AvgIpc) is 2.76. The number of aromatic nitrogens is 1. The number of carbonyl (C=O) groups is 1. The number of methoxy groups -OCH3 is 1. The Morgan fingerprint density at radius 3 is 3.17 bits per heavy atom. The number of hydrogen-bond acceptors (Lipinski definition) is 5. The van der Waals surface area contributed by atoms with Crippen LogP contribution in [0.3, 0.4) is 0 Å². The van der Waals surface area contributed by atoms with Gasteiger partial charge in [-0.05, 0) is 18.8 Å². The summed E-state index contributed by atoms with van der Waals surface area (Å²) in [5.74, 6) is 0.559. The fourth-order valence-electron chi connectivity index (χ4n) is 2.41. The quantitative estimate of drug-likeness (QED) is 0.853. The Balaban J connectivity index is 1.88. The van der Waals surface area contributed by atoms with Crippen LogP contribution in [-0.2, 0) is 16.0 Å². The molecule has 0 saturated heterocycles. The predicted molar refractivity (Wildman–Crippen MR) is 72.9 cm³/mol. The van der Waals surface area contributed by atoms with Gasteiger partial charge in [-0.3, -0.25) is 4.79 Å². The molecule has 100 valence electrons. The Labute approximate surface area is 112 Å². The summed E-state index contributed by atoms with van der Waals surface area (Å²) >= 11 is 1.57. The normalized spacial score (nSPS) is 23.7. The molecule has 2 atom stereocenters. The van der Waals surface area contributed by atoms with Gasteiger partial charge in [0.1, 0.15) is 0 Å². The van der Waals surface area contributed by atoms with Crippen LogP contribution in [0.1, 0.15) is 38.3 Å². The molecule has 1 saturated carbocycles. The number of thiazole rings is 1. The number of anilines is 1. The molecule has 1 aliphatic carbocycles. The molecular formula is C13H20N2O2S. The Morgan fingerprint density at radius 2 is 2.44 bits per heavy atom. The van der Waals surface area contributed by atoms with Gasteiger partial charge in [0.2, 0.25) is 0 Å². The van der Waals surface area contributed by atoms with Crippen LogP contribution in [0.2, 0.25) is 0 Å². The molecule has 18 heavy (non-hydrogen) atoms. The minimum Gasteiger partial charge on any atom is -0.469 e. The number of nitrogens with one attached hydrogen (secondary N) is 1. The predicted octanol–water partition coefficient (Wildman–Crippen LogP) is 2.85. The summed E-state index contributed by atoms with van der Waals surface area (Å²) < 4.78 is 4.63. The first-order chi connectivity index (χ1) is 8.67. The Morgan fingerprint density at radius 1 is 1.61 bits per heavy atom. The lowest BCUT2D eigenvalue weighted by atomic mass is 9.87. The van der Waals surface area contributed by atoms with Crippen molar-refractivity contribution in [2.75, 3.05) is 12.4 Å². The van der Waals surface area contributed by atoms with Crippen LogP contribution in [0.5, 0.6) is 0 Å². The molecule has 1 aliphatic rings. The van der Waals surface area contributed by atoms with E-state index in [-0.39, 0.29) is 12.4 Å². The molecule has 0 amide bonds. The lowest BCUT2D eigenvalue weighted by Gasteiger charge is -2.27. The molecule has 1 fully saturated rings. The van der Waals surface area contributed by atoms with E-state index >= 15 is 0 Å². The zero-order valence-corrected chi connectivity index (χ0v) is 11.8. The first kappa shape index (κ1) is 13.3. The highest BCUT2D eigenvalue weighted by molar-refractivity contribution is 7.13. The number of hydrogen-bond donors (Lipinski definition) is 1. The third-order valence-corrected chi connectivity index (χ3v) is 4.19. The van der Waals surface area contributed by atoms with Gasteiger partial charge in [0.15, 0.2) is 5.13 Å². The van der Waals surface area contributed by atoms with Gasteiger partial charge in [-0.15, -0.1) is 11.3 Å². The molecule has 0 aliphatic heterocycles. The van der Waals surface area contributed by atoms with E-state index in [2.05, 4.69) is 22.0 Å². The summed E-state index contributed by atoms with van der Waals surface area (Å²) in [6, 6.07) is 0.533. The molecule has 0 bridgehead atoms. The molecule has 0 aromatic carbocycles. The summed E-state index contributed by atoms with van der Waals surface area (Å²) in [4.78, 5) is 15.6. The van der Waals surface area contributed by atoms with Gasteiger partial charge in [-0.1, -0.05) is 19.8 Å². The molecule has 2 rings (SSSR count). The maximum atomic E-state index is 11.1. The maximum absolute atomic E-state index is 11.1. The van der Waals surface area contributed by atoms with E-state index in [0.717, 1.165) is 16.7 Å². The summed E-state index contributed by atoms with van der Waals surface area (Å²) in [5.41, 5.74) is 0.790. The zero-order valence-electron chi connectivity index (χ0n) is 10.9. The van der Waals surface area contributed by atoms with Crippen LogP contribution in [0.25, 0.3) is 0 Å². The van der Waals surface area contributed by atoms with Crippen molar-refractivity contribution in [1.29, 1.82) is 0 Å². The highest BCUT2D eigenvalue weighted by Crippen LogP contribution is 2.27. The average molecular weight is 268 g/mol. The number of esters is 1. The minimum atomic E-state index is -0.238. The first-order valence-electron chi connectivity index (χ1n) is 6.45. The van der Waals surface area contributed by atoms with Crippen LogP contribution in [0, 0.1) is 5.92 Å². The molecule has 1 aromatic rings. The van der Waals surface area contributed by atoms with Crippen LogP contribution in [-0.4, -0.2) is 24.1 Å². The van der Waals surface area contributed by atoms with Gasteiger partial charge in [0, 0.05) is 11.4 Å². The second-order valence-corrected chi connectivity index (χ2v) is 5.87. The van der Waals surface area contributed by atoms with Crippen molar-refractivity contribution >= 4 is 22.4 Å². The van der Waals surface area contributed by atoms with E-state index in [1.165, 1.54) is 32.8 Å². The lowest BCUT2D eigenvalue weighted by Crippen LogP contribution is -2.26. The zero-order chi connectivity index (χ0) is 13.0. The minimum absolute atomic E-state index is 0.238. The topological polar surface area (TPSA) is 51.2 Å². The fraction of sp³-hybridized carbons (Fsp3) is 0.692. The Kier molecular flexibility index (Phi) is 4.58.